The fourth-order valence-electron chi connectivity index (χ4n) is 2.17. The lowest BCUT2D eigenvalue weighted by Crippen LogP contribution is -2.40. The second kappa shape index (κ2) is 8.55. The molecule has 0 saturated carbocycles. The molecule has 0 aromatic carbocycles. The molecule has 18 heavy (non-hydrogen) atoms. The van der Waals surface area contributed by atoms with E-state index in [2.05, 4.69) is 29.1 Å². The number of halogens is 1. The first-order valence-electron chi connectivity index (χ1n) is 6.17. The first-order valence-corrected chi connectivity index (χ1v) is 6.17. The van der Waals surface area contributed by atoms with Crippen LogP contribution in [0.2, 0.25) is 0 Å². The quantitative estimate of drug-likeness (QED) is 0.353. The van der Waals surface area contributed by atoms with Gasteiger partial charge in [-0.3, -0.25) is 9.79 Å². The molecule has 1 heterocycles. The molecule has 0 aliphatic carbocycles. The van der Waals surface area contributed by atoms with Crippen molar-refractivity contribution in [3.63, 3.8) is 0 Å². The Morgan fingerprint density at radius 3 is 2.67 bits per heavy atom. The second-order valence-electron chi connectivity index (χ2n) is 4.49. The summed E-state index contributed by atoms with van der Waals surface area (Å²) in [4.78, 5) is 18.0. The monoisotopic (exact) mass is 369 g/mol. The third-order valence-electron chi connectivity index (χ3n) is 3.16. The highest BCUT2D eigenvalue weighted by Gasteiger charge is 2.36. The van der Waals surface area contributed by atoms with Gasteiger partial charge in [0.25, 0.3) is 0 Å². The van der Waals surface area contributed by atoms with E-state index in [1.807, 2.05) is 0 Å². The van der Waals surface area contributed by atoms with E-state index in [0.29, 0.717) is 12.5 Å². The number of esters is 1. The van der Waals surface area contributed by atoms with Crippen LogP contribution in [-0.4, -0.2) is 50.6 Å². The first-order chi connectivity index (χ1) is 8.13. The normalized spacial score (nSPS) is 23.6. The fourth-order valence-corrected chi connectivity index (χ4v) is 2.17. The number of carbonyl (C=O) groups is 1. The number of likely N-dealkylation sites (tertiary alicyclic amines) is 1. The number of guanidine groups is 1. The molecule has 5 nitrogen and oxygen atoms in total. The minimum atomic E-state index is -0.119. The summed E-state index contributed by atoms with van der Waals surface area (Å²) in [5.74, 6) is 1.03. The predicted octanol–water partition coefficient (Wildman–Crippen LogP) is 1.33. The van der Waals surface area contributed by atoms with Crippen molar-refractivity contribution >= 4 is 35.9 Å². The summed E-state index contributed by atoms with van der Waals surface area (Å²) in [6.45, 7) is 6.64. The zero-order valence-electron chi connectivity index (χ0n) is 11.6. The summed E-state index contributed by atoms with van der Waals surface area (Å²) in [5.41, 5.74) is 0. The Bertz CT molecular complexity index is 297. The lowest BCUT2D eigenvalue weighted by Gasteiger charge is -2.21. The minimum Gasteiger partial charge on any atom is -0.469 e. The van der Waals surface area contributed by atoms with E-state index in [1.165, 1.54) is 7.11 Å². The Morgan fingerprint density at radius 1 is 1.50 bits per heavy atom. The van der Waals surface area contributed by atoms with Gasteiger partial charge in [-0.25, -0.2) is 0 Å². The fraction of sp³-hybridized carbons (Fsp3) is 0.833. The van der Waals surface area contributed by atoms with Crippen molar-refractivity contribution in [1.82, 2.24) is 10.2 Å². The molecule has 1 rings (SSSR count). The number of hydrogen-bond donors (Lipinski definition) is 1. The first kappa shape index (κ1) is 17.5. The van der Waals surface area contributed by atoms with Crippen molar-refractivity contribution in [1.29, 1.82) is 0 Å². The Balaban J connectivity index is 0.00000289. The third kappa shape index (κ3) is 4.29. The molecule has 1 aliphatic heterocycles. The molecular weight excluding hydrogens is 345 g/mol. The predicted molar refractivity (Wildman–Crippen MR) is 83.3 cm³/mol. The van der Waals surface area contributed by atoms with E-state index in [1.54, 1.807) is 7.05 Å². The van der Waals surface area contributed by atoms with Gasteiger partial charge in [-0.15, -0.1) is 24.0 Å². The van der Waals surface area contributed by atoms with Crippen LogP contribution in [0.4, 0.5) is 0 Å². The molecule has 1 aliphatic rings. The Hall–Kier alpha value is -0.530. The largest absolute Gasteiger partial charge is 0.469 e. The molecule has 1 saturated heterocycles. The molecule has 2 unspecified atom stereocenters. The highest BCUT2D eigenvalue weighted by Crippen LogP contribution is 2.23. The smallest absolute Gasteiger partial charge is 0.310 e. The van der Waals surface area contributed by atoms with Crippen LogP contribution in [-0.2, 0) is 9.53 Å². The van der Waals surface area contributed by atoms with E-state index in [-0.39, 0.29) is 35.9 Å². The van der Waals surface area contributed by atoms with Gasteiger partial charge in [-0.1, -0.05) is 13.8 Å². The van der Waals surface area contributed by atoms with Gasteiger partial charge in [-0.05, 0) is 12.3 Å². The summed E-state index contributed by atoms with van der Waals surface area (Å²) >= 11 is 0. The maximum atomic E-state index is 11.6. The van der Waals surface area contributed by atoms with Gasteiger partial charge in [0, 0.05) is 26.7 Å². The van der Waals surface area contributed by atoms with Crippen LogP contribution in [0.5, 0.6) is 0 Å². The third-order valence-corrected chi connectivity index (χ3v) is 3.16. The van der Waals surface area contributed by atoms with Crippen LogP contribution in [0.25, 0.3) is 0 Å². The van der Waals surface area contributed by atoms with Crippen molar-refractivity contribution in [2.75, 3.05) is 33.8 Å². The van der Waals surface area contributed by atoms with Crippen LogP contribution in [0.1, 0.15) is 20.3 Å². The maximum absolute atomic E-state index is 11.6. The molecule has 2 atom stereocenters. The van der Waals surface area contributed by atoms with Crippen LogP contribution in [0.3, 0.4) is 0 Å². The van der Waals surface area contributed by atoms with Gasteiger partial charge < -0.3 is 15.0 Å². The molecule has 1 fully saturated rings. The molecule has 0 bridgehead atoms. The lowest BCUT2D eigenvalue weighted by molar-refractivity contribution is -0.145. The van der Waals surface area contributed by atoms with Crippen LogP contribution in [0, 0.1) is 11.8 Å². The summed E-state index contributed by atoms with van der Waals surface area (Å²) in [7, 11) is 3.22. The van der Waals surface area contributed by atoms with Crippen molar-refractivity contribution in [2.45, 2.75) is 20.3 Å². The SMILES string of the molecule is CCCNC(=NC)N1CC(C)C(C(=O)OC)C1.I. The number of nitrogens with one attached hydrogen (secondary N) is 1. The molecule has 0 spiro atoms. The average Bonchev–Trinajstić information content (AvgIpc) is 2.71. The second-order valence-corrected chi connectivity index (χ2v) is 4.49. The molecule has 1 N–H and O–H groups in total. The molecule has 0 aromatic heterocycles. The van der Waals surface area contributed by atoms with Crippen molar-refractivity contribution in [3.8, 4) is 0 Å². The topological polar surface area (TPSA) is 53.9 Å². The number of rotatable bonds is 3. The molecule has 106 valence electrons. The Morgan fingerprint density at radius 2 is 2.17 bits per heavy atom. The zero-order chi connectivity index (χ0) is 12.8. The number of ether oxygens (including phenoxy) is 1. The van der Waals surface area contributed by atoms with Crippen LogP contribution >= 0.6 is 24.0 Å². The summed E-state index contributed by atoms with van der Waals surface area (Å²) in [5, 5.41) is 3.28. The van der Waals surface area contributed by atoms with E-state index in [9.17, 15) is 4.79 Å². The maximum Gasteiger partial charge on any atom is 0.310 e. The Kier molecular flexibility index (Phi) is 8.30. The lowest BCUT2D eigenvalue weighted by atomic mass is 9.99. The highest BCUT2D eigenvalue weighted by molar-refractivity contribution is 14.0. The van der Waals surface area contributed by atoms with Crippen molar-refractivity contribution in [3.05, 3.63) is 0 Å². The van der Waals surface area contributed by atoms with Gasteiger partial charge in [0.05, 0.1) is 13.0 Å². The van der Waals surface area contributed by atoms with Gasteiger partial charge in [0.2, 0.25) is 0 Å². The number of nitrogens with zero attached hydrogens (tertiary/aromatic N) is 2. The van der Waals surface area contributed by atoms with E-state index in [0.717, 1.165) is 25.5 Å². The molecule has 0 aromatic rings. The van der Waals surface area contributed by atoms with Gasteiger partial charge in [0.1, 0.15) is 0 Å². The standard InChI is InChI=1S/C12H23N3O2.HI/c1-5-6-14-12(13-3)15-7-9(2)10(8-15)11(16)17-4;/h9-10H,5-8H2,1-4H3,(H,13,14);1H. The minimum absolute atomic E-state index is 0. The number of methoxy groups -OCH3 is 1. The average molecular weight is 369 g/mol. The number of carbonyl (C=O) groups excluding carboxylic acids is 1. The van der Waals surface area contributed by atoms with Gasteiger partial charge >= 0.3 is 5.97 Å². The molecule has 0 radical (unpaired) electrons. The number of aliphatic imine (C=N–C) groups is 1. The summed E-state index contributed by atoms with van der Waals surface area (Å²) < 4.78 is 4.82. The molecule has 0 amide bonds. The summed E-state index contributed by atoms with van der Waals surface area (Å²) in [6.07, 6.45) is 1.06. The van der Waals surface area contributed by atoms with Crippen molar-refractivity contribution in [2.24, 2.45) is 16.8 Å². The van der Waals surface area contributed by atoms with Crippen molar-refractivity contribution < 1.29 is 9.53 Å². The Labute approximate surface area is 126 Å². The number of hydrogen-bond acceptors (Lipinski definition) is 3. The van der Waals surface area contributed by atoms with Crippen LogP contribution in [0.15, 0.2) is 4.99 Å². The summed E-state index contributed by atoms with van der Waals surface area (Å²) in [6, 6.07) is 0. The van der Waals surface area contributed by atoms with Gasteiger partial charge in [-0.2, -0.15) is 0 Å². The van der Waals surface area contributed by atoms with E-state index in [4.69, 9.17) is 4.74 Å². The highest BCUT2D eigenvalue weighted by atomic mass is 127. The van der Waals surface area contributed by atoms with E-state index < -0.39 is 0 Å². The van der Waals surface area contributed by atoms with Gasteiger partial charge in [0.15, 0.2) is 5.96 Å². The van der Waals surface area contributed by atoms with E-state index >= 15 is 0 Å². The van der Waals surface area contributed by atoms with Crippen LogP contribution < -0.4 is 5.32 Å². The zero-order valence-corrected chi connectivity index (χ0v) is 13.9. The molecular formula is C12H24IN3O2. The molecule has 6 heteroatoms.